The van der Waals surface area contributed by atoms with Gasteiger partial charge >= 0.3 is 17.6 Å². The van der Waals surface area contributed by atoms with Crippen LogP contribution < -0.4 is 0 Å². The number of hydrogen-bond acceptors (Lipinski definition) is 10. The highest BCUT2D eigenvalue weighted by molar-refractivity contribution is 8.13. The third kappa shape index (κ3) is 18.8. The fourth-order valence-electron chi connectivity index (χ4n) is 5.28. The minimum atomic E-state index is -2.82. The summed E-state index contributed by atoms with van der Waals surface area (Å²) in [5, 5.41) is 0.585. The van der Waals surface area contributed by atoms with Crippen LogP contribution in [0.1, 0.15) is 125 Å². The van der Waals surface area contributed by atoms with Gasteiger partial charge in [0.25, 0.3) is 0 Å². The Bertz CT molecular complexity index is 744. The lowest BCUT2D eigenvalue weighted by Crippen LogP contribution is -2.53. The molecule has 2 saturated heterocycles. The van der Waals surface area contributed by atoms with E-state index in [2.05, 4.69) is 34.6 Å². The van der Waals surface area contributed by atoms with Gasteiger partial charge in [-0.3, -0.25) is 9.59 Å². The van der Waals surface area contributed by atoms with E-state index < -0.39 is 17.6 Å². The van der Waals surface area contributed by atoms with Gasteiger partial charge in [0.2, 0.25) is 0 Å². The Morgan fingerprint density at radius 2 is 1.00 bits per heavy atom. The maximum atomic E-state index is 12.3. The van der Waals surface area contributed by atoms with Crippen LogP contribution >= 0.6 is 23.5 Å². The van der Waals surface area contributed by atoms with E-state index in [4.69, 9.17) is 26.6 Å². The SMILES string of the molecule is CCCCCCCC(=O)SCCC[Si]1(OCC(C)CO[Si]2(CCCSC(=O)CCCCCCC)OCC(C)CO2)OCC(C)CO1. The molecule has 0 amide bonds. The Morgan fingerprint density at radius 1 is 0.630 bits per heavy atom. The minimum absolute atomic E-state index is 0.110. The van der Waals surface area contributed by atoms with Crippen molar-refractivity contribution in [1.82, 2.24) is 0 Å². The highest BCUT2D eigenvalue weighted by Crippen LogP contribution is 2.29. The Hall–Kier alpha value is 0.234. The van der Waals surface area contributed by atoms with E-state index >= 15 is 0 Å². The zero-order chi connectivity index (χ0) is 33.5. The number of hydrogen-bond donors (Lipinski definition) is 0. The Balaban J connectivity index is 1.75. The van der Waals surface area contributed by atoms with Gasteiger partial charge in [0, 0.05) is 93.8 Å². The largest absolute Gasteiger partial charge is 0.501 e. The van der Waals surface area contributed by atoms with Crippen LogP contribution in [0.3, 0.4) is 0 Å². The molecule has 8 nitrogen and oxygen atoms in total. The first kappa shape index (κ1) is 42.4. The quantitative estimate of drug-likeness (QED) is 0.0637. The van der Waals surface area contributed by atoms with Gasteiger partial charge in [0.1, 0.15) is 0 Å². The molecule has 2 aliphatic rings. The summed E-state index contributed by atoms with van der Waals surface area (Å²) in [6, 6.07) is 1.45. The van der Waals surface area contributed by atoms with Crippen molar-refractivity contribution in [2.75, 3.05) is 51.1 Å². The van der Waals surface area contributed by atoms with Crippen LogP contribution in [-0.2, 0) is 36.1 Å². The lowest BCUT2D eigenvalue weighted by atomic mass is 10.1. The number of thioether (sulfide) groups is 2. The number of unbranched alkanes of at least 4 members (excludes halogenated alkanes) is 8. The van der Waals surface area contributed by atoms with Crippen LogP contribution in [0.4, 0.5) is 0 Å². The molecule has 0 spiro atoms. The molecular weight excluding hydrogens is 657 g/mol. The van der Waals surface area contributed by atoms with Crippen molar-refractivity contribution in [3.05, 3.63) is 0 Å². The molecule has 0 unspecified atom stereocenters. The second kappa shape index (κ2) is 25.2. The predicted octanol–water partition coefficient (Wildman–Crippen LogP) is 8.92. The summed E-state index contributed by atoms with van der Waals surface area (Å²) in [6.07, 6.45) is 14.7. The molecule has 12 heteroatoms. The van der Waals surface area contributed by atoms with Gasteiger partial charge in [0.05, 0.1) is 0 Å². The molecule has 2 rings (SSSR count). The molecular formula is C34H66O8S2Si2. The number of rotatable bonds is 26. The summed E-state index contributed by atoms with van der Waals surface area (Å²) in [5.41, 5.74) is 0. The number of carbonyl (C=O) groups excluding carboxylic acids is 2. The molecule has 46 heavy (non-hydrogen) atoms. The zero-order valence-electron chi connectivity index (χ0n) is 29.8. The summed E-state index contributed by atoms with van der Waals surface area (Å²) in [5.74, 6) is 2.36. The molecule has 2 fully saturated rings. The van der Waals surface area contributed by atoms with Crippen LogP contribution in [0.2, 0.25) is 12.1 Å². The van der Waals surface area contributed by atoms with Gasteiger partial charge in [0.15, 0.2) is 10.2 Å². The van der Waals surface area contributed by atoms with Crippen molar-refractivity contribution in [3.63, 3.8) is 0 Å². The second-order valence-electron chi connectivity index (χ2n) is 13.5. The van der Waals surface area contributed by atoms with E-state index in [1.165, 1.54) is 62.0 Å². The first-order chi connectivity index (χ1) is 22.2. The maximum absolute atomic E-state index is 12.3. The smallest absolute Gasteiger partial charge is 0.373 e. The molecule has 0 N–H and O–H groups in total. The van der Waals surface area contributed by atoms with E-state index in [1.807, 2.05) is 0 Å². The van der Waals surface area contributed by atoms with E-state index in [1.54, 1.807) is 0 Å². The highest BCUT2D eigenvalue weighted by Gasteiger charge is 2.46. The molecule has 0 radical (unpaired) electrons. The van der Waals surface area contributed by atoms with Crippen LogP contribution in [0.15, 0.2) is 0 Å². The average Bonchev–Trinajstić information content (AvgIpc) is 3.05. The fraction of sp³-hybridized carbons (Fsp3) is 0.941. The average molecular weight is 723 g/mol. The summed E-state index contributed by atoms with van der Waals surface area (Å²) in [7, 11) is -5.63. The molecule has 0 aliphatic carbocycles. The van der Waals surface area contributed by atoms with Crippen molar-refractivity contribution in [2.45, 2.75) is 137 Å². The van der Waals surface area contributed by atoms with Crippen LogP contribution in [0.5, 0.6) is 0 Å². The lowest BCUT2D eigenvalue weighted by molar-refractivity contribution is -0.111. The van der Waals surface area contributed by atoms with Gasteiger partial charge in [-0.1, -0.05) is 110 Å². The fourth-order valence-corrected chi connectivity index (χ4v) is 13.2. The molecule has 0 aromatic heterocycles. The molecule has 2 aliphatic heterocycles. The summed E-state index contributed by atoms with van der Waals surface area (Å²) < 4.78 is 38.1. The van der Waals surface area contributed by atoms with Gasteiger partial charge in [-0.05, 0) is 25.7 Å². The molecule has 0 aromatic rings. The first-order valence-electron chi connectivity index (χ1n) is 18.4. The van der Waals surface area contributed by atoms with Crippen molar-refractivity contribution >= 4 is 51.4 Å². The normalized spacial score (nSPS) is 25.8. The maximum Gasteiger partial charge on any atom is 0.501 e. The van der Waals surface area contributed by atoms with Crippen LogP contribution in [-0.4, -0.2) is 79.0 Å². The lowest BCUT2D eigenvalue weighted by Gasteiger charge is -2.38. The molecule has 2 heterocycles. The minimum Gasteiger partial charge on any atom is -0.373 e. The van der Waals surface area contributed by atoms with Gasteiger partial charge < -0.3 is 26.6 Å². The molecule has 0 saturated carbocycles. The van der Waals surface area contributed by atoms with Crippen LogP contribution in [0.25, 0.3) is 0 Å². The van der Waals surface area contributed by atoms with Crippen molar-refractivity contribution in [1.29, 1.82) is 0 Å². The zero-order valence-corrected chi connectivity index (χ0v) is 33.4. The van der Waals surface area contributed by atoms with Crippen molar-refractivity contribution in [2.24, 2.45) is 17.8 Å². The van der Waals surface area contributed by atoms with Crippen LogP contribution in [0, 0.1) is 17.8 Å². The van der Waals surface area contributed by atoms with Gasteiger partial charge in [-0.15, -0.1) is 0 Å². The monoisotopic (exact) mass is 722 g/mol. The molecule has 0 atom stereocenters. The van der Waals surface area contributed by atoms with Crippen molar-refractivity contribution in [3.8, 4) is 0 Å². The third-order valence-electron chi connectivity index (χ3n) is 8.28. The standard InChI is InChI=1S/C34H66O8S2Si2/c1-6-8-10-12-14-18-33(35)43-20-16-22-45(37-24-30(3)25-38-45)41-28-32(5)29-42-46(39-26-31(4)27-40-46)23-17-21-44-34(36)19-15-13-11-9-7-2/h30-32H,6-29H2,1-5H3. The van der Waals surface area contributed by atoms with Gasteiger partial charge in [-0.2, -0.15) is 0 Å². The topological polar surface area (TPSA) is 89.5 Å². The molecule has 0 bridgehead atoms. The number of carbonyl (C=O) groups is 2. The summed E-state index contributed by atoms with van der Waals surface area (Å²) in [4.78, 5) is 24.6. The van der Waals surface area contributed by atoms with E-state index in [9.17, 15) is 9.59 Å². The predicted molar refractivity (Wildman–Crippen MR) is 195 cm³/mol. The molecule has 0 aromatic carbocycles. The Kier molecular flexibility index (Phi) is 23.3. The third-order valence-corrected chi connectivity index (χ3v) is 15.9. The van der Waals surface area contributed by atoms with Crippen molar-refractivity contribution < 1.29 is 36.1 Å². The summed E-state index contributed by atoms with van der Waals surface area (Å²) >= 11 is 2.89. The Labute approximate surface area is 292 Å². The van der Waals surface area contributed by atoms with E-state index in [0.29, 0.717) is 74.5 Å². The first-order valence-corrected chi connectivity index (χ1v) is 24.2. The molecule has 270 valence electrons. The van der Waals surface area contributed by atoms with E-state index in [0.717, 1.165) is 62.1 Å². The Morgan fingerprint density at radius 3 is 1.37 bits per heavy atom. The highest BCUT2D eigenvalue weighted by atomic mass is 32.2. The summed E-state index contributed by atoms with van der Waals surface area (Å²) in [6.45, 7) is 14.3. The van der Waals surface area contributed by atoms with Gasteiger partial charge in [-0.25, -0.2) is 0 Å². The second-order valence-corrected chi connectivity index (χ2v) is 21.3. The van der Waals surface area contributed by atoms with E-state index in [-0.39, 0.29) is 5.92 Å².